The molecule has 108 valence electrons. The summed E-state index contributed by atoms with van der Waals surface area (Å²) in [6, 6.07) is 9.25. The third-order valence-corrected chi connectivity index (χ3v) is 2.90. The molecule has 0 saturated carbocycles. The largest absolute Gasteiger partial charge is 0.508 e. The zero-order valence-electron chi connectivity index (χ0n) is 11.7. The third-order valence-electron chi connectivity index (χ3n) is 2.90. The van der Waals surface area contributed by atoms with Gasteiger partial charge in [0.25, 0.3) is 0 Å². The van der Waals surface area contributed by atoms with E-state index in [1.54, 1.807) is 24.3 Å². The molecule has 0 unspecified atom stereocenters. The van der Waals surface area contributed by atoms with Gasteiger partial charge in [-0.25, -0.2) is 0 Å². The van der Waals surface area contributed by atoms with Gasteiger partial charge in [0.05, 0.1) is 0 Å². The van der Waals surface area contributed by atoms with Gasteiger partial charge >= 0.3 is 0 Å². The first-order valence-electron chi connectivity index (χ1n) is 6.49. The van der Waals surface area contributed by atoms with Gasteiger partial charge in [-0.2, -0.15) is 0 Å². The second kappa shape index (κ2) is 7.28. The Hall–Kier alpha value is -2.36. The highest BCUT2D eigenvalue weighted by atomic mass is 16.3. The summed E-state index contributed by atoms with van der Waals surface area (Å²) in [6.07, 6.45) is 1.57. The molecule has 0 radical (unpaired) electrons. The van der Waals surface area contributed by atoms with Gasteiger partial charge in [-0.15, -0.1) is 0 Å². The van der Waals surface area contributed by atoms with Crippen molar-refractivity contribution in [2.45, 2.75) is 26.7 Å². The van der Waals surface area contributed by atoms with E-state index in [1.807, 2.05) is 13.8 Å². The molecule has 0 spiro atoms. The summed E-state index contributed by atoms with van der Waals surface area (Å²) in [7, 11) is 0. The average Bonchev–Trinajstić information content (AvgIpc) is 2.40. The lowest BCUT2D eigenvalue weighted by atomic mass is 10.1. The van der Waals surface area contributed by atoms with Crippen LogP contribution in [-0.2, 0) is 12.8 Å². The summed E-state index contributed by atoms with van der Waals surface area (Å²) >= 11 is 0. The summed E-state index contributed by atoms with van der Waals surface area (Å²) in [6.45, 7) is 3.90. The molecule has 0 aliphatic carbocycles. The summed E-state index contributed by atoms with van der Waals surface area (Å²) < 4.78 is 0. The highest BCUT2D eigenvalue weighted by molar-refractivity contribution is 5.39. The maximum Gasteiger partial charge on any atom is 0.122 e. The zero-order valence-corrected chi connectivity index (χ0v) is 11.7. The second-order valence-corrected chi connectivity index (χ2v) is 4.33. The first-order valence-corrected chi connectivity index (χ1v) is 6.49. The van der Waals surface area contributed by atoms with Crippen LogP contribution in [0.2, 0.25) is 0 Å². The van der Waals surface area contributed by atoms with Crippen LogP contribution < -0.4 is 0 Å². The Balaban J connectivity index is 0.000000200. The first kappa shape index (κ1) is 15.7. The molecule has 0 fully saturated rings. The van der Waals surface area contributed by atoms with E-state index in [1.165, 1.54) is 12.1 Å². The summed E-state index contributed by atoms with van der Waals surface area (Å²) in [5.41, 5.74) is 1.72. The van der Waals surface area contributed by atoms with Crippen molar-refractivity contribution in [3.63, 3.8) is 0 Å². The molecule has 2 aromatic rings. The molecule has 0 aromatic heterocycles. The van der Waals surface area contributed by atoms with Gasteiger partial charge in [0.2, 0.25) is 0 Å². The van der Waals surface area contributed by atoms with Crippen LogP contribution in [0.3, 0.4) is 0 Å². The van der Waals surface area contributed by atoms with Crippen molar-refractivity contribution in [1.82, 2.24) is 0 Å². The van der Waals surface area contributed by atoms with Gasteiger partial charge in [0, 0.05) is 12.1 Å². The van der Waals surface area contributed by atoms with Crippen molar-refractivity contribution in [1.29, 1.82) is 0 Å². The van der Waals surface area contributed by atoms with E-state index in [0.29, 0.717) is 0 Å². The van der Waals surface area contributed by atoms with Gasteiger partial charge in [-0.1, -0.05) is 26.0 Å². The Morgan fingerprint density at radius 3 is 1.25 bits per heavy atom. The molecule has 4 nitrogen and oxygen atoms in total. The standard InChI is InChI=1S/2C8H10O2/c2*1-2-6-3-4-7(9)5-8(6)10/h2*3-5,9-10H,2H2,1H3. The topological polar surface area (TPSA) is 80.9 Å². The number of phenolic OH excluding ortho intramolecular Hbond substituents is 4. The molecule has 0 aliphatic heterocycles. The molecule has 0 amide bonds. The number of hydrogen-bond acceptors (Lipinski definition) is 4. The summed E-state index contributed by atoms with van der Waals surface area (Å²) in [4.78, 5) is 0. The lowest BCUT2D eigenvalue weighted by Crippen LogP contribution is -1.79. The van der Waals surface area contributed by atoms with E-state index in [-0.39, 0.29) is 23.0 Å². The van der Waals surface area contributed by atoms with Crippen molar-refractivity contribution >= 4 is 0 Å². The fraction of sp³-hybridized carbons (Fsp3) is 0.250. The van der Waals surface area contributed by atoms with E-state index in [9.17, 15) is 0 Å². The Bertz CT molecular complexity index is 513. The lowest BCUT2D eigenvalue weighted by Gasteiger charge is -1.99. The van der Waals surface area contributed by atoms with E-state index in [4.69, 9.17) is 20.4 Å². The van der Waals surface area contributed by atoms with Crippen LogP contribution in [-0.4, -0.2) is 20.4 Å². The lowest BCUT2D eigenvalue weighted by molar-refractivity contribution is 0.445. The highest BCUT2D eigenvalue weighted by Gasteiger charge is 1.98. The predicted molar refractivity (Wildman–Crippen MR) is 78.3 cm³/mol. The van der Waals surface area contributed by atoms with Gasteiger partial charge in [0.1, 0.15) is 23.0 Å². The fourth-order valence-corrected chi connectivity index (χ4v) is 1.70. The number of hydrogen-bond donors (Lipinski definition) is 4. The van der Waals surface area contributed by atoms with E-state index in [2.05, 4.69) is 0 Å². The van der Waals surface area contributed by atoms with Crippen molar-refractivity contribution in [2.75, 3.05) is 0 Å². The second-order valence-electron chi connectivity index (χ2n) is 4.33. The molecule has 0 atom stereocenters. The van der Waals surface area contributed by atoms with Crippen molar-refractivity contribution < 1.29 is 20.4 Å². The maximum atomic E-state index is 9.13. The fourth-order valence-electron chi connectivity index (χ4n) is 1.70. The highest BCUT2D eigenvalue weighted by Crippen LogP contribution is 2.23. The van der Waals surface area contributed by atoms with Gasteiger partial charge in [-0.05, 0) is 36.1 Å². The molecule has 0 bridgehead atoms. The molecule has 0 saturated heterocycles. The quantitative estimate of drug-likeness (QED) is 0.678. The van der Waals surface area contributed by atoms with Crippen LogP contribution in [0.4, 0.5) is 0 Å². The van der Waals surface area contributed by atoms with Crippen molar-refractivity contribution in [3.8, 4) is 23.0 Å². The maximum absolute atomic E-state index is 9.13. The summed E-state index contributed by atoms with van der Waals surface area (Å²) in [5.74, 6) is 0.550. The zero-order chi connectivity index (χ0) is 15.1. The monoisotopic (exact) mass is 276 g/mol. The molecule has 2 aromatic carbocycles. The molecular weight excluding hydrogens is 256 g/mol. The predicted octanol–water partition coefficient (Wildman–Crippen LogP) is 3.32. The Labute approximate surface area is 118 Å². The minimum absolute atomic E-state index is 0.106. The van der Waals surface area contributed by atoms with E-state index in [0.717, 1.165) is 24.0 Å². The van der Waals surface area contributed by atoms with Crippen LogP contribution in [0.1, 0.15) is 25.0 Å². The average molecular weight is 276 g/mol. The number of aromatic hydroxyl groups is 4. The minimum atomic E-state index is 0.106. The van der Waals surface area contributed by atoms with Crippen LogP contribution in [0.15, 0.2) is 36.4 Å². The molecular formula is C16H20O4. The van der Waals surface area contributed by atoms with Gasteiger partial charge < -0.3 is 20.4 Å². The molecule has 0 heterocycles. The Morgan fingerprint density at radius 2 is 1.00 bits per heavy atom. The number of rotatable bonds is 2. The SMILES string of the molecule is CCc1ccc(O)cc1O.CCc1ccc(O)cc1O. The normalized spacial score (nSPS) is 9.70. The van der Waals surface area contributed by atoms with Gasteiger partial charge in [0.15, 0.2) is 0 Å². The van der Waals surface area contributed by atoms with Crippen molar-refractivity contribution in [2.24, 2.45) is 0 Å². The number of aryl methyl sites for hydroxylation is 2. The molecule has 0 aliphatic rings. The number of phenols is 4. The Kier molecular flexibility index (Phi) is 5.72. The third kappa shape index (κ3) is 4.39. The van der Waals surface area contributed by atoms with Gasteiger partial charge in [-0.3, -0.25) is 0 Å². The van der Waals surface area contributed by atoms with Crippen LogP contribution in [0, 0.1) is 0 Å². The van der Waals surface area contributed by atoms with Crippen LogP contribution >= 0.6 is 0 Å². The minimum Gasteiger partial charge on any atom is -0.508 e. The molecule has 2 rings (SSSR count). The summed E-state index contributed by atoms with van der Waals surface area (Å²) in [5, 5.41) is 36.0. The van der Waals surface area contributed by atoms with Crippen molar-refractivity contribution in [3.05, 3.63) is 47.5 Å². The molecule has 4 heteroatoms. The molecule has 4 N–H and O–H groups in total. The Morgan fingerprint density at radius 1 is 0.650 bits per heavy atom. The van der Waals surface area contributed by atoms with Crippen LogP contribution in [0.25, 0.3) is 0 Å². The number of benzene rings is 2. The molecule has 20 heavy (non-hydrogen) atoms. The van der Waals surface area contributed by atoms with E-state index >= 15 is 0 Å². The van der Waals surface area contributed by atoms with Crippen LogP contribution in [0.5, 0.6) is 23.0 Å². The first-order chi connectivity index (χ1) is 9.47. The van der Waals surface area contributed by atoms with E-state index < -0.39 is 0 Å². The smallest absolute Gasteiger partial charge is 0.122 e.